The number of nitrogens with two attached hydrogens (primary N) is 1. The number of fused-ring (bicyclic) bond motifs is 2. The molecule has 6 heterocycles. The molecule has 8 rings (SSSR count). The molecular formula is C46H59BClN11O6. The van der Waals surface area contributed by atoms with Crippen LogP contribution < -0.4 is 27.1 Å². The number of ether oxygens (including phenoxy) is 3. The van der Waals surface area contributed by atoms with Crippen molar-refractivity contribution in [1.29, 1.82) is 0 Å². The Bertz CT molecular complexity index is 2480. The lowest BCUT2D eigenvalue weighted by atomic mass is 9.76. The largest absolute Gasteiger partial charge is 0.494 e. The molecule has 3 aliphatic rings. The van der Waals surface area contributed by atoms with Crippen LogP contribution >= 0.6 is 11.6 Å². The molecule has 0 radical (unpaired) electrons. The predicted molar refractivity (Wildman–Crippen MR) is 253 cm³/mol. The quantitative estimate of drug-likeness (QED) is 0.0681. The third-order valence-corrected chi connectivity index (χ3v) is 11.0. The highest BCUT2D eigenvalue weighted by Gasteiger charge is 2.51. The molecule has 0 aliphatic carbocycles. The number of hydrogen-bond donors (Lipinski definition) is 4. The molecule has 17 nitrogen and oxygen atoms in total. The molecule has 1 amide bonds. The fourth-order valence-electron chi connectivity index (χ4n) is 6.95. The van der Waals surface area contributed by atoms with Gasteiger partial charge in [0, 0.05) is 56.6 Å². The number of nitrogens with zero attached hydrogens (tertiary/aromatic N) is 7. The van der Waals surface area contributed by atoms with Gasteiger partial charge < -0.3 is 45.2 Å². The van der Waals surface area contributed by atoms with Crippen LogP contribution in [0, 0.1) is 0 Å². The second-order valence-corrected chi connectivity index (χ2v) is 18.1. The van der Waals surface area contributed by atoms with Gasteiger partial charge in [0.05, 0.1) is 66.9 Å². The molecule has 344 valence electrons. The summed E-state index contributed by atoms with van der Waals surface area (Å²) in [5.41, 5.74) is 13.1. The topological polar surface area (TPSA) is 207 Å². The van der Waals surface area contributed by atoms with Crippen molar-refractivity contribution in [3.05, 3.63) is 113 Å². The molecule has 5 N–H and O–H groups in total. The molecule has 19 heteroatoms. The van der Waals surface area contributed by atoms with E-state index in [4.69, 9.17) is 40.9 Å². The first-order valence-corrected chi connectivity index (χ1v) is 21.7. The minimum Gasteiger partial charge on any atom is -0.444 e. The number of nitrogens with one attached hydrogen (secondary N) is 3. The minimum atomic E-state index is -0.555. The van der Waals surface area contributed by atoms with Gasteiger partial charge in [-0.1, -0.05) is 48.9 Å². The number of halogens is 1. The zero-order valence-corrected chi connectivity index (χ0v) is 39.4. The Hall–Kier alpha value is -5.92. The smallest absolute Gasteiger partial charge is 0.444 e. The maximum absolute atomic E-state index is 12.2. The molecule has 3 aromatic heterocycles. The lowest BCUT2D eigenvalue weighted by molar-refractivity contribution is 0.00578. The van der Waals surface area contributed by atoms with Crippen molar-refractivity contribution in [2.45, 2.75) is 97.4 Å². The average Bonchev–Trinajstić information content (AvgIpc) is 3.76. The van der Waals surface area contributed by atoms with Crippen molar-refractivity contribution in [3.63, 3.8) is 0 Å². The molecule has 3 aliphatic heterocycles. The van der Waals surface area contributed by atoms with Gasteiger partial charge >= 0.3 is 13.2 Å². The summed E-state index contributed by atoms with van der Waals surface area (Å²) in [5, 5.41) is 13.4. The Morgan fingerprint density at radius 1 is 0.954 bits per heavy atom. The van der Waals surface area contributed by atoms with Crippen LogP contribution in [0.1, 0.15) is 89.6 Å². The van der Waals surface area contributed by atoms with Gasteiger partial charge in [-0.15, -0.1) is 0 Å². The van der Waals surface area contributed by atoms with E-state index < -0.39 is 11.7 Å². The van der Waals surface area contributed by atoms with Crippen molar-refractivity contribution < 1.29 is 28.3 Å². The molecule has 2 aromatic carbocycles. The summed E-state index contributed by atoms with van der Waals surface area (Å²) < 4.78 is 30.6. The maximum Gasteiger partial charge on any atom is 0.494 e. The summed E-state index contributed by atoms with van der Waals surface area (Å²) >= 11 is 5.67. The van der Waals surface area contributed by atoms with Crippen LogP contribution in [0.4, 0.5) is 22.4 Å². The first-order valence-electron chi connectivity index (χ1n) is 21.3. The lowest BCUT2D eigenvalue weighted by Gasteiger charge is -2.32. The summed E-state index contributed by atoms with van der Waals surface area (Å²) in [6, 6.07) is 15.7. The zero-order chi connectivity index (χ0) is 46.9. The van der Waals surface area contributed by atoms with E-state index in [2.05, 4.69) is 98.8 Å². The number of carbonyl (C=O) groups is 1. The van der Waals surface area contributed by atoms with Gasteiger partial charge in [-0.25, -0.2) is 24.7 Å². The molecule has 0 bridgehead atoms. The molecule has 0 spiro atoms. The van der Waals surface area contributed by atoms with E-state index in [-0.39, 0.29) is 24.4 Å². The summed E-state index contributed by atoms with van der Waals surface area (Å²) in [5.74, 6) is 1.34. The number of anilines is 3. The number of amides is 1. The SMILES string of the molecule is CC1COCc2cc(B3OC(C)(C)C(C)(C)O3)ccc21.CN=CC(=CN)Nc1nccc(Cl)n1.Cn1cc(Nc2nccc(-c3ccc4c(c3)COCC4NC(=O)OC(C)(C)C)n2)cn1. The first-order chi connectivity index (χ1) is 30.8. The lowest BCUT2D eigenvalue weighted by Crippen LogP contribution is -2.41. The normalized spacial score (nSPS) is 18.6. The van der Waals surface area contributed by atoms with Gasteiger partial charge in [0.15, 0.2) is 0 Å². The van der Waals surface area contributed by atoms with Crippen molar-refractivity contribution in [3.8, 4) is 11.3 Å². The second-order valence-electron chi connectivity index (χ2n) is 17.7. The van der Waals surface area contributed by atoms with E-state index in [9.17, 15) is 4.79 Å². The molecule has 2 unspecified atom stereocenters. The van der Waals surface area contributed by atoms with Gasteiger partial charge in [-0.05, 0) is 94.4 Å². The molecule has 1 saturated heterocycles. The summed E-state index contributed by atoms with van der Waals surface area (Å²) in [7, 11) is 3.20. The van der Waals surface area contributed by atoms with Crippen LogP contribution in [0.2, 0.25) is 5.15 Å². The van der Waals surface area contributed by atoms with Crippen LogP contribution in [0.15, 0.2) is 90.2 Å². The molecule has 0 saturated carbocycles. The minimum absolute atomic E-state index is 0.263. The molecule has 1 fully saturated rings. The van der Waals surface area contributed by atoms with Crippen LogP contribution in [0.25, 0.3) is 11.3 Å². The highest BCUT2D eigenvalue weighted by Crippen LogP contribution is 2.37. The fraction of sp³-hybridized carbons (Fsp3) is 0.413. The predicted octanol–water partition coefficient (Wildman–Crippen LogP) is 7.38. The Labute approximate surface area is 386 Å². The van der Waals surface area contributed by atoms with Gasteiger partial charge in [0.2, 0.25) is 11.9 Å². The van der Waals surface area contributed by atoms with Crippen LogP contribution in [-0.4, -0.2) is 86.2 Å². The number of hydrogen-bond acceptors (Lipinski definition) is 15. The maximum atomic E-state index is 12.2. The van der Waals surface area contributed by atoms with Crippen molar-refractivity contribution in [2.24, 2.45) is 17.8 Å². The molecular weight excluding hydrogens is 849 g/mol. The second kappa shape index (κ2) is 20.9. The van der Waals surface area contributed by atoms with Crippen molar-refractivity contribution >= 4 is 54.1 Å². The summed E-state index contributed by atoms with van der Waals surface area (Å²) in [4.78, 5) is 32.8. The fourth-order valence-corrected chi connectivity index (χ4v) is 7.08. The molecule has 65 heavy (non-hydrogen) atoms. The number of allylic oxidation sites excluding steroid dienone is 1. The number of benzene rings is 2. The van der Waals surface area contributed by atoms with Crippen LogP contribution in [0.5, 0.6) is 0 Å². The van der Waals surface area contributed by atoms with Crippen LogP contribution in [-0.2, 0) is 43.8 Å². The van der Waals surface area contributed by atoms with Gasteiger partial charge in [0.25, 0.3) is 0 Å². The third kappa shape index (κ3) is 13.1. The first kappa shape index (κ1) is 48.5. The highest BCUT2D eigenvalue weighted by molar-refractivity contribution is 6.62. The zero-order valence-electron chi connectivity index (χ0n) is 38.7. The van der Waals surface area contributed by atoms with Crippen molar-refractivity contribution in [1.82, 2.24) is 35.0 Å². The number of aryl methyl sites for hydroxylation is 1. The Morgan fingerprint density at radius 2 is 1.63 bits per heavy atom. The van der Waals surface area contributed by atoms with Crippen LogP contribution in [0.3, 0.4) is 0 Å². The van der Waals surface area contributed by atoms with Gasteiger partial charge in [-0.3, -0.25) is 9.67 Å². The van der Waals surface area contributed by atoms with E-state index in [0.717, 1.165) is 40.1 Å². The number of alkyl carbamates (subject to hydrolysis) is 1. The standard InChI is InChI=1S/C22H26N6O3.C16H23BO3.C8H10ClN5/c1-22(2,3)31-21(29)27-19-13-30-12-15-9-14(5-6-17(15)19)18-7-8-23-20(26-18)25-16-10-24-28(4)11-16;1-11-9-18-10-12-8-13(6-7-14(11)12)17-19-15(2,3)16(4,5)20-17;1-11-5-6(4-10)13-8-12-3-2-7(9)14-8/h5-11,19H,12-13H2,1-4H3,(H,27,29)(H,23,25,26);6-8,11H,9-10H2,1-5H3;2-5H,10H2,1H3,(H,12,13,14). The van der Waals surface area contributed by atoms with E-state index in [1.165, 1.54) is 17.3 Å². The molecule has 5 aromatic rings. The average molecular weight is 908 g/mol. The third-order valence-electron chi connectivity index (χ3n) is 10.8. The number of rotatable bonds is 8. The van der Waals surface area contributed by atoms with E-state index >= 15 is 0 Å². The Balaban J connectivity index is 0.000000176. The van der Waals surface area contributed by atoms with Crippen molar-refractivity contribution in [2.75, 3.05) is 30.9 Å². The Morgan fingerprint density at radius 3 is 2.29 bits per heavy atom. The summed E-state index contributed by atoms with van der Waals surface area (Å²) in [6.07, 6.45) is 9.30. The number of carbonyl (C=O) groups excluding carboxylic acids is 1. The van der Waals surface area contributed by atoms with E-state index in [1.54, 1.807) is 42.6 Å². The number of aliphatic imine (C=N–C) groups is 1. The van der Waals surface area contributed by atoms with Gasteiger partial charge in [0.1, 0.15) is 10.8 Å². The monoisotopic (exact) mass is 907 g/mol. The Kier molecular flexibility index (Phi) is 15.6. The number of aromatic nitrogens is 6. The van der Waals surface area contributed by atoms with Gasteiger partial charge in [-0.2, -0.15) is 5.10 Å². The van der Waals surface area contributed by atoms with E-state index in [1.807, 2.05) is 58.3 Å². The van der Waals surface area contributed by atoms with E-state index in [0.29, 0.717) is 48.5 Å². The molecule has 2 atom stereocenters. The highest BCUT2D eigenvalue weighted by atomic mass is 35.5. The summed E-state index contributed by atoms with van der Waals surface area (Å²) in [6.45, 7) is 18.4.